The minimum Gasteiger partial charge on any atom is -0.467 e. The van der Waals surface area contributed by atoms with Crippen molar-refractivity contribution in [3.63, 3.8) is 0 Å². The van der Waals surface area contributed by atoms with Crippen molar-refractivity contribution in [3.8, 4) is 0 Å². The molecule has 3 heterocycles. The number of hydrogen-bond acceptors (Lipinski definition) is 5. The summed E-state index contributed by atoms with van der Waals surface area (Å²) >= 11 is 6.00. The summed E-state index contributed by atoms with van der Waals surface area (Å²) in [4.78, 5) is 19.9. The van der Waals surface area contributed by atoms with Crippen LogP contribution in [0.25, 0.3) is 0 Å². The number of nitrogens with one attached hydrogen (secondary N) is 1. The van der Waals surface area contributed by atoms with E-state index in [-0.39, 0.29) is 23.5 Å². The third-order valence-corrected chi connectivity index (χ3v) is 4.81. The number of alkyl halides is 3. The van der Waals surface area contributed by atoms with Gasteiger partial charge in [0, 0.05) is 32.4 Å². The number of nitrogens with zero attached hydrogens (tertiary/aromatic N) is 3. The van der Waals surface area contributed by atoms with E-state index in [1.165, 1.54) is 0 Å². The summed E-state index contributed by atoms with van der Waals surface area (Å²) in [6.45, 7) is 4.24. The van der Waals surface area contributed by atoms with E-state index in [1.807, 2.05) is 16.7 Å². The minimum absolute atomic E-state index is 0.0340. The van der Waals surface area contributed by atoms with E-state index in [0.717, 1.165) is 12.3 Å². The average Bonchev–Trinajstić information content (AvgIpc) is 3.16. The van der Waals surface area contributed by atoms with E-state index in [2.05, 4.69) is 10.3 Å². The summed E-state index contributed by atoms with van der Waals surface area (Å²) in [5.74, 6) is 0.884. The SMILES string of the molecule is C[C@@H](NC(=O)CN1CCN(c2ncc(C(F)(F)F)cc2Cl)CC1)c1ccco1. The Bertz CT molecular complexity index is 806. The van der Waals surface area contributed by atoms with Crippen LogP contribution in [0.4, 0.5) is 19.0 Å². The van der Waals surface area contributed by atoms with Gasteiger partial charge in [-0.3, -0.25) is 9.69 Å². The Morgan fingerprint density at radius 2 is 2.07 bits per heavy atom. The van der Waals surface area contributed by atoms with Gasteiger partial charge >= 0.3 is 6.18 Å². The summed E-state index contributed by atoms with van der Waals surface area (Å²) < 4.78 is 43.5. The van der Waals surface area contributed by atoms with Gasteiger partial charge in [0.25, 0.3) is 0 Å². The summed E-state index contributed by atoms with van der Waals surface area (Å²) in [6, 6.07) is 4.22. The molecule has 0 radical (unpaired) electrons. The number of hydrogen-bond donors (Lipinski definition) is 1. The number of anilines is 1. The van der Waals surface area contributed by atoms with E-state index in [4.69, 9.17) is 16.0 Å². The first kappa shape index (κ1) is 20.5. The Morgan fingerprint density at radius 3 is 2.64 bits per heavy atom. The molecule has 2 aromatic heterocycles. The Hall–Kier alpha value is -2.26. The first-order chi connectivity index (χ1) is 13.2. The topological polar surface area (TPSA) is 61.6 Å². The van der Waals surface area contributed by atoms with Crippen molar-refractivity contribution in [2.75, 3.05) is 37.6 Å². The molecule has 152 valence electrons. The predicted octanol–water partition coefficient (Wildman–Crippen LogP) is 3.35. The van der Waals surface area contributed by atoms with Crippen molar-refractivity contribution < 1.29 is 22.4 Å². The van der Waals surface area contributed by atoms with Gasteiger partial charge in [-0.15, -0.1) is 0 Å². The van der Waals surface area contributed by atoms with E-state index in [1.54, 1.807) is 18.4 Å². The van der Waals surface area contributed by atoms with E-state index < -0.39 is 11.7 Å². The highest BCUT2D eigenvalue weighted by atomic mass is 35.5. The fourth-order valence-corrected chi connectivity index (χ4v) is 3.32. The summed E-state index contributed by atoms with van der Waals surface area (Å²) in [5, 5.41) is 2.84. The zero-order valence-electron chi connectivity index (χ0n) is 15.2. The summed E-state index contributed by atoms with van der Waals surface area (Å²) in [7, 11) is 0. The Labute approximate surface area is 165 Å². The van der Waals surface area contributed by atoms with Gasteiger partial charge in [0.2, 0.25) is 5.91 Å². The van der Waals surface area contributed by atoms with Crippen LogP contribution in [0.2, 0.25) is 5.02 Å². The van der Waals surface area contributed by atoms with Gasteiger partial charge in [-0.2, -0.15) is 13.2 Å². The van der Waals surface area contributed by atoms with Crippen LogP contribution in [0.1, 0.15) is 24.3 Å². The summed E-state index contributed by atoms with van der Waals surface area (Å²) in [6.07, 6.45) is -2.14. The van der Waals surface area contributed by atoms with Crippen molar-refractivity contribution in [2.24, 2.45) is 0 Å². The molecule has 0 bridgehead atoms. The number of piperazine rings is 1. The molecule has 0 saturated carbocycles. The molecule has 6 nitrogen and oxygen atoms in total. The molecule has 1 fully saturated rings. The highest BCUT2D eigenvalue weighted by molar-refractivity contribution is 6.33. The smallest absolute Gasteiger partial charge is 0.417 e. The Morgan fingerprint density at radius 1 is 1.36 bits per heavy atom. The second kappa shape index (κ2) is 8.40. The van der Waals surface area contributed by atoms with Gasteiger partial charge in [0.1, 0.15) is 11.6 Å². The lowest BCUT2D eigenvalue weighted by Gasteiger charge is -2.35. The lowest BCUT2D eigenvalue weighted by atomic mass is 10.2. The van der Waals surface area contributed by atoms with Crippen molar-refractivity contribution in [2.45, 2.75) is 19.1 Å². The molecule has 1 saturated heterocycles. The van der Waals surface area contributed by atoms with Crippen LogP contribution in [-0.4, -0.2) is 48.5 Å². The third-order valence-electron chi connectivity index (χ3n) is 4.54. The van der Waals surface area contributed by atoms with Gasteiger partial charge in [-0.1, -0.05) is 11.6 Å². The van der Waals surface area contributed by atoms with Crippen molar-refractivity contribution in [3.05, 3.63) is 47.0 Å². The van der Waals surface area contributed by atoms with Crippen LogP contribution in [0.15, 0.2) is 35.1 Å². The molecular weight excluding hydrogens is 397 g/mol. The number of carbonyl (C=O) groups excluding carboxylic acids is 1. The van der Waals surface area contributed by atoms with E-state index in [9.17, 15) is 18.0 Å². The number of pyridine rings is 1. The molecule has 1 N–H and O–H groups in total. The largest absolute Gasteiger partial charge is 0.467 e. The number of furan rings is 1. The standard InChI is InChI=1S/C18H20ClF3N4O2/c1-12(15-3-2-8-28-15)24-16(27)11-25-4-6-26(7-5-25)17-14(19)9-13(10-23-17)18(20,21)22/h2-3,8-10,12H,4-7,11H2,1H3,(H,24,27)/t12-/m1/s1. The van der Waals surface area contributed by atoms with Crippen molar-refractivity contribution >= 4 is 23.3 Å². The second-order valence-electron chi connectivity index (χ2n) is 6.59. The lowest BCUT2D eigenvalue weighted by Crippen LogP contribution is -2.50. The van der Waals surface area contributed by atoms with Crippen LogP contribution < -0.4 is 10.2 Å². The summed E-state index contributed by atoms with van der Waals surface area (Å²) in [5.41, 5.74) is -0.873. The van der Waals surface area contributed by atoms with Crippen LogP contribution >= 0.6 is 11.6 Å². The van der Waals surface area contributed by atoms with Crippen LogP contribution in [0, 0.1) is 0 Å². The first-order valence-electron chi connectivity index (χ1n) is 8.77. The number of aromatic nitrogens is 1. The highest BCUT2D eigenvalue weighted by Gasteiger charge is 2.32. The molecule has 1 aliphatic rings. The normalized spacial score (nSPS) is 16.8. The van der Waals surface area contributed by atoms with Gasteiger partial charge in [0.15, 0.2) is 0 Å². The monoisotopic (exact) mass is 416 g/mol. The second-order valence-corrected chi connectivity index (χ2v) is 7.00. The Balaban J connectivity index is 1.51. The average molecular weight is 417 g/mol. The zero-order valence-corrected chi connectivity index (χ0v) is 15.9. The fourth-order valence-electron chi connectivity index (χ4n) is 3.04. The number of halogens is 4. The molecule has 3 rings (SSSR count). The van der Waals surface area contributed by atoms with Gasteiger partial charge in [-0.05, 0) is 25.1 Å². The first-order valence-corrected chi connectivity index (χ1v) is 9.14. The predicted molar refractivity (Wildman–Crippen MR) is 98.2 cm³/mol. The minimum atomic E-state index is -4.48. The molecule has 1 atom stereocenters. The lowest BCUT2D eigenvalue weighted by molar-refractivity contribution is -0.137. The maximum Gasteiger partial charge on any atom is 0.417 e. The molecule has 10 heteroatoms. The highest BCUT2D eigenvalue weighted by Crippen LogP contribution is 2.33. The molecule has 0 aromatic carbocycles. The zero-order chi connectivity index (χ0) is 20.3. The fraction of sp³-hybridized carbons (Fsp3) is 0.444. The van der Waals surface area contributed by atoms with Gasteiger partial charge in [-0.25, -0.2) is 4.98 Å². The number of amides is 1. The maximum absolute atomic E-state index is 12.7. The third kappa shape index (κ3) is 4.96. The number of rotatable bonds is 5. The van der Waals surface area contributed by atoms with Crippen LogP contribution in [0.3, 0.4) is 0 Å². The van der Waals surface area contributed by atoms with Crippen LogP contribution in [0.5, 0.6) is 0 Å². The maximum atomic E-state index is 12.7. The van der Waals surface area contributed by atoms with Crippen molar-refractivity contribution in [1.82, 2.24) is 15.2 Å². The van der Waals surface area contributed by atoms with Crippen LogP contribution in [-0.2, 0) is 11.0 Å². The molecule has 2 aromatic rings. The van der Waals surface area contributed by atoms with E-state index >= 15 is 0 Å². The molecule has 0 spiro atoms. The van der Waals surface area contributed by atoms with Gasteiger partial charge in [0.05, 0.1) is 29.4 Å². The quantitative estimate of drug-likeness (QED) is 0.810. The molecule has 1 aliphatic heterocycles. The molecule has 0 aliphatic carbocycles. The molecule has 1 amide bonds. The molecular formula is C18H20ClF3N4O2. The van der Waals surface area contributed by atoms with Gasteiger partial charge < -0.3 is 14.6 Å². The Kier molecular flexibility index (Phi) is 6.14. The van der Waals surface area contributed by atoms with E-state index in [0.29, 0.717) is 37.8 Å². The molecule has 0 unspecified atom stereocenters. The van der Waals surface area contributed by atoms with Crippen molar-refractivity contribution in [1.29, 1.82) is 0 Å². The molecule has 28 heavy (non-hydrogen) atoms. The number of carbonyl (C=O) groups is 1.